The second kappa shape index (κ2) is 11.7. The molecule has 10 heteroatoms. The van der Waals surface area contributed by atoms with Crippen LogP contribution in [0.15, 0.2) is 72.8 Å². The Balaban J connectivity index is 1.28. The van der Waals surface area contributed by atoms with E-state index in [2.05, 4.69) is 31.9 Å². The van der Waals surface area contributed by atoms with Crippen LogP contribution in [-0.4, -0.2) is 44.8 Å². The lowest BCUT2D eigenvalue weighted by atomic mass is 9.81. The van der Waals surface area contributed by atoms with Crippen LogP contribution < -0.4 is 4.90 Å². The first-order valence-electron chi connectivity index (χ1n) is 13.7. The van der Waals surface area contributed by atoms with E-state index in [0.29, 0.717) is 40.7 Å². The van der Waals surface area contributed by atoms with E-state index < -0.39 is 24.2 Å². The van der Waals surface area contributed by atoms with Crippen LogP contribution in [0, 0.1) is 24.6 Å². The number of hydrogen-bond donors (Lipinski definition) is 0. The molecule has 1 aliphatic carbocycles. The van der Waals surface area contributed by atoms with Crippen molar-refractivity contribution >= 4 is 72.0 Å². The van der Waals surface area contributed by atoms with Crippen molar-refractivity contribution in [1.82, 2.24) is 4.98 Å². The lowest BCUT2D eigenvalue weighted by Gasteiger charge is -2.29. The summed E-state index contributed by atoms with van der Waals surface area (Å²) in [5.41, 5.74) is 3.56. The molecule has 2 heterocycles. The quantitative estimate of drug-likeness (QED) is 0.0946. The number of aryl methyl sites for hydroxylation is 1. The number of carbonyl (C=O) groups is 4. The average molecular weight is 708 g/mol. The Kier molecular flexibility index (Phi) is 8.00. The van der Waals surface area contributed by atoms with Crippen molar-refractivity contribution < 1.29 is 28.3 Å². The molecular formula is C33H25Br2FN2O5. The first-order chi connectivity index (χ1) is 20.6. The molecule has 4 aromatic rings. The molecule has 1 aromatic heterocycles. The smallest absolute Gasteiger partial charge is 0.339 e. The SMILES string of the molecule is Cc1cccc2c(C(=O)OCC(=O)c3ccc(F)cc3)cc(-c3ccc(N4C(=O)C5CC(Br)C(Br)CC5C4=O)cc3)nc12. The zero-order valence-electron chi connectivity index (χ0n) is 22.9. The Morgan fingerprint density at radius 2 is 1.56 bits per heavy atom. The number of rotatable bonds is 6. The number of imide groups is 1. The van der Waals surface area contributed by atoms with Crippen LogP contribution in [0.2, 0.25) is 0 Å². The van der Waals surface area contributed by atoms with Crippen molar-refractivity contribution in [3.05, 3.63) is 95.3 Å². The lowest BCUT2D eigenvalue weighted by molar-refractivity contribution is -0.122. The summed E-state index contributed by atoms with van der Waals surface area (Å²) in [6, 6.07) is 19.0. The molecule has 0 spiro atoms. The normalized spacial score (nSPS) is 21.6. The number of alkyl halides is 2. The van der Waals surface area contributed by atoms with Crippen LogP contribution in [0.25, 0.3) is 22.2 Å². The summed E-state index contributed by atoms with van der Waals surface area (Å²) in [4.78, 5) is 58.6. The number of nitrogens with zero attached hydrogens (tertiary/aromatic N) is 2. The maximum absolute atomic E-state index is 13.3. The van der Waals surface area contributed by atoms with Gasteiger partial charge in [0.25, 0.3) is 0 Å². The fourth-order valence-corrected chi connectivity index (χ4v) is 7.00. The van der Waals surface area contributed by atoms with Crippen LogP contribution in [0.3, 0.4) is 0 Å². The van der Waals surface area contributed by atoms with E-state index in [0.717, 1.165) is 5.56 Å². The summed E-state index contributed by atoms with van der Waals surface area (Å²) in [5.74, 6) is -2.69. The van der Waals surface area contributed by atoms with Crippen molar-refractivity contribution in [2.24, 2.45) is 11.8 Å². The minimum atomic E-state index is -0.697. The Hall–Kier alpha value is -3.76. The van der Waals surface area contributed by atoms with E-state index in [4.69, 9.17) is 9.72 Å². The second-order valence-corrected chi connectivity index (χ2v) is 13.2. The van der Waals surface area contributed by atoms with Crippen LogP contribution in [-0.2, 0) is 14.3 Å². The number of para-hydroxylation sites is 1. The highest BCUT2D eigenvalue weighted by Crippen LogP contribution is 2.44. The van der Waals surface area contributed by atoms with E-state index in [1.54, 1.807) is 36.4 Å². The molecule has 0 N–H and O–H groups in total. The molecule has 4 atom stereocenters. The molecule has 43 heavy (non-hydrogen) atoms. The molecule has 218 valence electrons. The maximum Gasteiger partial charge on any atom is 0.339 e. The number of hydrogen-bond acceptors (Lipinski definition) is 6. The minimum Gasteiger partial charge on any atom is -0.454 e. The lowest BCUT2D eigenvalue weighted by Crippen LogP contribution is -2.34. The van der Waals surface area contributed by atoms with Gasteiger partial charge in [-0.1, -0.05) is 62.2 Å². The average Bonchev–Trinajstić information content (AvgIpc) is 3.24. The first kappa shape index (κ1) is 29.3. The molecule has 6 rings (SSSR count). The number of esters is 1. The fraction of sp³-hybridized carbons (Fsp3) is 0.242. The van der Waals surface area contributed by atoms with Gasteiger partial charge in [-0.2, -0.15) is 0 Å². The summed E-state index contributed by atoms with van der Waals surface area (Å²) in [6.07, 6.45) is 1.18. The van der Waals surface area contributed by atoms with E-state index in [1.807, 2.05) is 19.1 Å². The Morgan fingerprint density at radius 3 is 2.19 bits per heavy atom. The molecule has 2 aliphatic rings. The largest absolute Gasteiger partial charge is 0.454 e. The highest BCUT2D eigenvalue weighted by Gasteiger charge is 2.52. The summed E-state index contributed by atoms with van der Waals surface area (Å²) in [6.45, 7) is 1.38. The van der Waals surface area contributed by atoms with Crippen molar-refractivity contribution in [3.63, 3.8) is 0 Å². The molecule has 0 radical (unpaired) electrons. The van der Waals surface area contributed by atoms with Crippen molar-refractivity contribution in [3.8, 4) is 11.3 Å². The van der Waals surface area contributed by atoms with Crippen molar-refractivity contribution in [2.45, 2.75) is 29.4 Å². The van der Waals surface area contributed by atoms with Crippen LogP contribution in [0.1, 0.15) is 39.1 Å². The van der Waals surface area contributed by atoms with Crippen molar-refractivity contribution in [1.29, 1.82) is 0 Å². The van der Waals surface area contributed by atoms with E-state index in [1.165, 1.54) is 29.2 Å². The van der Waals surface area contributed by atoms with E-state index >= 15 is 0 Å². The summed E-state index contributed by atoms with van der Waals surface area (Å²) < 4.78 is 18.6. The summed E-state index contributed by atoms with van der Waals surface area (Å²) >= 11 is 7.24. The highest BCUT2D eigenvalue weighted by molar-refractivity contribution is 9.12. The molecular weight excluding hydrogens is 683 g/mol. The van der Waals surface area contributed by atoms with Gasteiger partial charge in [-0.15, -0.1) is 0 Å². The number of halogens is 3. The molecule has 1 saturated heterocycles. The van der Waals surface area contributed by atoms with Gasteiger partial charge in [-0.05, 0) is 67.8 Å². The maximum atomic E-state index is 13.3. The summed E-state index contributed by atoms with van der Waals surface area (Å²) in [7, 11) is 0. The number of anilines is 1. The Morgan fingerprint density at radius 1 is 0.930 bits per heavy atom. The number of benzene rings is 3. The van der Waals surface area contributed by atoms with Gasteiger partial charge in [0.15, 0.2) is 12.4 Å². The summed E-state index contributed by atoms with van der Waals surface area (Å²) in [5, 5.41) is 0.575. The topological polar surface area (TPSA) is 93.6 Å². The number of aromatic nitrogens is 1. The van der Waals surface area contributed by atoms with Gasteiger partial charge < -0.3 is 4.74 Å². The molecule has 7 nitrogen and oxygen atoms in total. The monoisotopic (exact) mass is 706 g/mol. The predicted molar refractivity (Wildman–Crippen MR) is 167 cm³/mol. The van der Waals surface area contributed by atoms with Gasteiger partial charge in [-0.25, -0.2) is 14.2 Å². The molecule has 1 saturated carbocycles. The zero-order chi connectivity index (χ0) is 30.4. The standard InChI is InChI=1S/C33H25Br2FN2O5/c1-17-3-2-4-22-25(33(42)43-16-29(39)19-5-9-20(36)10-6-19)15-28(37-30(17)22)18-7-11-21(12-8-18)38-31(40)23-13-26(34)27(35)14-24(23)32(38)41/h2-12,15,23-24,26-27H,13-14,16H2,1H3. The molecule has 0 bridgehead atoms. The van der Waals surface area contributed by atoms with Gasteiger partial charge in [0, 0.05) is 26.2 Å². The Labute approximate surface area is 263 Å². The third-order valence-electron chi connectivity index (χ3n) is 8.09. The van der Waals surface area contributed by atoms with Crippen LogP contribution in [0.4, 0.5) is 10.1 Å². The van der Waals surface area contributed by atoms with Gasteiger partial charge in [0.2, 0.25) is 11.8 Å². The molecule has 3 aromatic carbocycles. The molecule has 2 fully saturated rings. The zero-order valence-corrected chi connectivity index (χ0v) is 26.1. The number of ether oxygens (including phenoxy) is 1. The fourth-order valence-electron chi connectivity index (χ4n) is 5.77. The minimum absolute atomic E-state index is 0.122. The first-order valence-corrected chi connectivity index (χ1v) is 15.6. The third kappa shape index (κ3) is 5.54. The van der Waals surface area contributed by atoms with Gasteiger partial charge >= 0.3 is 5.97 Å². The second-order valence-electron chi connectivity index (χ2n) is 10.8. The molecule has 1 aliphatic heterocycles. The van der Waals surface area contributed by atoms with Crippen LogP contribution >= 0.6 is 31.9 Å². The number of fused-ring (bicyclic) bond motifs is 2. The number of ketones is 1. The van der Waals surface area contributed by atoms with Gasteiger partial charge in [0.05, 0.1) is 34.3 Å². The number of amides is 2. The van der Waals surface area contributed by atoms with Crippen LogP contribution in [0.5, 0.6) is 0 Å². The highest BCUT2D eigenvalue weighted by atomic mass is 79.9. The third-order valence-corrected chi connectivity index (χ3v) is 10.8. The van der Waals surface area contributed by atoms with E-state index in [9.17, 15) is 23.6 Å². The predicted octanol–water partition coefficient (Wildman–Crippen LogP) is 6.82. The van der Waals surface area contributed by atoms with Crippen molar-refractivity contribution in [2.75, 3.05) is 11.5 Å². The van der Waals surface area contributed by atoms with E-state index in [-0.39, 0.29) is 44.4 Å². The molecule has 2 amide bonds. The number of carbonyl (C=O) groups excluding carboxylic acids is 4. The Bertz CT molecular complexity index is 1750. The van der Waals surface area contributed by atoms with Gasteiger partial charge in [-0.3, -0.25) is 19.3 Å². The number of Topliss-reactive ketones (excluding diaryl/α,β-unsaturated/α-hetero) is 1. The van der Waals surface area contributed by atoms with Gasteiger partial charge in [0.1, 0.15) is 5.82 Å². The number of pyridine rings is 1. The molecule has 4 unspecified atom stereocenters.